The van der Waals surface area contributed by atoms with E-state index in [4.69, 9.17) is 0 Å². The molecule has 3 aromatic heterocycles. The van der Waals surface area contributed by atoms with Crippen LogP contribution in [0.25, 0.3) is 0 Å². The van der Waals surface area contributed by atoms with Gasteiger partial charge in [0.05, 0.1) is 16.5 Å². The van der Waals surface area contributed by atoms with Crippen LogP contribution in [0.5, 0.6) is 0 Å². The first-order valence-electron chi connectivity index (χ1n) is 8.28. The highest BCUT2D eigenvalue weighted by atomic mass is 32.1. The van der Waals surface area contributed by atoms with Crippen molar-refractivity contribution in [3.8, 4) is 0 Å². The summed E-state index contributed by atoms with van der Waals surface area (Å²) in [5, 5.41) is 12.3. The van der Waals surface area contributed by atoms with E-state index in [1.807, 2.05) is 6.07 Å². The Morgan fingerprint density at radius 2 is 1.93 bits per heavy atom. The smallest absolute Gasteiger partial charge is 0.290 e. The zero-order valence-corrected chi connectivity index (χ0v) is 15.0. The first-order chi connectivity index (χ1) is 13.2. The summed E-state index contributed by atoms with van der Waals surface area (Å²) in [4.78, 5) is 35.9. The van der Waals surface area contributed by atoms with Gasteiger partial charge < -0.3 is 10.0 Å². The van der Waals surface area contributed by atoms with Gasteiger partial charge >= 0.3 is 0 Å². The highest BCUT2D eigenvalue weighted by molar-refractivity contribution is 7.12. The van der Waals surface area contributed by atoms with Crippen molar-refractivity contribution in [2.45, 2.75) is 12.6 Å². The SMILES string of the molecule is O=C(C1=C(O)C(=O)N(Cc2cccnc2)[C@@H]1c1ccncc1)c1cccs1. The molecule has 1 aliphatic heterocycles. The first-order valence-corrected chi connectivity index (χ1v) is 9.16. The lowest BCUT2D eigenvalue weighted by atomic mass is 9.96. The Hall–Kier alpha value is -3.32. The number of nitrogens with zero attached hydrogens (tertiary/aromatic N) is 3. The first kappa shape index (κ1) is 17.1. The average molecular weight is 377 g/mol. The summed E-state index contributed by atoms with van der Waals surface area (Å²) in [5.74, 6) is -1.41. The summed E-state index contributed by atoms with van der Waals surface area (Å²) in [7, 11) is 0. The van der Waals surface area contributed by atoms with Crippen molar-refractivity contribution in [1.29, 1.82) is 0 Å². The lowest BCUT2D eigenvalue weighted by Gasteiger charge is -2.26. The summed E-state index contributed by atoms with van der Waals surface area (Å²) >= 11 is 1.28. The second kappa shape index (κ2) is 7.13. The zero-order valence-electron chi connectivity index (χ0n) is 14.1. The number of amides is 1. The number of hydrogen-bond donors (Lipinski definition) is 1. The molecule has 0 spiro atoms. The van der Waals surface area contributed by atoms with Crippen molar-refractivity contribution in [3.63, 3.8) is 0 Å². The number of aromatic nitrogens is 2. The minimum Gasteiger partial charge on any atom is -0.503 e. The summed E-state index contributed by atoms with van der Waals surface area (Å²) in [5.41, 5.74) is 1.62. The maximum atomic E-state index is 13.0. The molecule has 0 saturated heterocycles. The van der Waals surface area contributed by atoms with Gasteiger partial charge in [0.2, 0.25) is 5.78 Å². The van der Waals surface area contributed by atoms with Crippen LogP contribution < -0.4 is 0 Å². The number of hydrogen-bond acceptors (Lipinski definition) is 6. The molecule has 27 heavy (non-hydrogen) atoms. The molecule has 0 aromatic carbocycles. The Balaban J connectivity index is 1.79. The molecule has 0 unspecified atom stereocenters. The normalized spacial score (nSPS) is 16.8. The number of thiophene rings is 1. The molecule has 0 fully saturated rings. The Morgan fingerprint density at radius 3 is 2.59 bits per heavy atom. The van der Waals surface area contributed by atoms with Crippen molar-refractivity contribution >= 4 is 23.0 Å². The number of carbonyl (C=O) groups excluding carboxylic acids is 2. The van der Waals surface area contributed by atoms with Crippen LogP contribution in [0.2, 0.25) is 0 Å². The number of Topliss-reactive ketones (excluding diaryl/α,β-unsaturated/α-hetero) is 1. The van der Waals surface area contributed by atoms with E-state index in [1.54, 1.807) is 60.5 Å². The monoisotopic (exact) mass is 377 g/mol. The van der Waals surface area contributed by atoms with E-state index in [-0.39, 0.29) is 17.9 Å². The Labute approximate surface area is 159 Å². The van der Waals surface area contributed by atoms with E-state index < -0.39 is 17.7 Å². The number of pyridine rings is 2. The van der Waals surface area contributed by atoms with Gasteiger partial charge in [-0.1, -0.05) is 12.1 Å². The Kier molecular flexibility index (Phi) is 4.52. The highest BCUT2D eigenvalue weighted by Gasteiger charge is 2.43. The molecule has 3 aromatic rings. The number of ketones is 1. The third-order valence-corrected chi connectivity index (χ3v) is 5.26. The molecule has 0 bridgehead atoms. The molecule has 134 valence electrons. The van der Waals surface area contributed by atoms with Crippen LogP contribution in [-0.2, 0) is 11.3 Å². The lowest BCUT2D eigenvalue weighted by molar-refractivity contribution is -0.130. The van der Waals surface area contributed by atoms with Gasteiger partial charge in [0.25, 0.3) is 5.91 Å². The average Bonchev–Trinajstić information content (AvgIpc) is 3.32. The van der Waals surface area contributed by atoms with E-state index >= 15 is 0 Å². The number of aliphatic hydroxyl groups excluding tert-OH is 1. The van der Waals surface area contributed by atoms with Gasteiger partial charge in [-0.2, -0.15) is 0 Å². The van der Waals surface area contributed by atoms with E-state index in [2.05, 4.69) is 9.97 Å². The lowest BCUT2D eigenvalue weighted by Crippen LogP contribution is -2.30. The molecule has 1 atom stereocenters. The summed E-state index contributed by atoms with van der Waals surface area (Å²) in [6.45, 7) is 0.227. The molecule has 7 heteroatoms. The molecule has 0 saturated carbocycles. The van der Waals surface area contributed by atoms with Crippen molar-refractivity contribution in [2.75, 3.05) is 0 Å². The van der Waals surface area contributed by atoms with Crippen LogP contribution in [0.4, 0.5) is 0 Å². The van der Waals surface area contributed by atoms with Crippen molar-refractivity contribution in [3.05, 3.63) is 93.9 Å². The van der Waals surface area contributed by atoms with Gasteiger partial charge in [0.15, 0.2) is 5.76 Å². The van der Waals surface area contributed by atoms with Gasteiger partial charge in [0.1, 0.15) is 0 Å². The molecule has 4 heterocycles. The quantitative estimate of drug-likeness (QED) is 0.690. The van der Waals surface area contributed by atoms with E-state index in [1.165, 1.54) is 16.2 Å². The van der Waals surface area contributed by atoms with Crippen molar-refractivity contribution in [2.24, 2.45) is 0 Å². The van der Waals surface area contributed by atoms with E-state index in [0.717, 1.165) is 5.56 Å². The molecule has 0 aliphatic carbocycles. The van der Waals surface area contributed by atoms with Crippen LogP contribution in [0.3, 0.4) is 0 Å². The molecule has 4 rings (SSSR count). The predicted octanol–water partition coefficient (Wildman–Crippen LogP) is 3.32. The second-order valence-corrected chi connectivity index (χ2v) is 6.99. The second-order valence-electron chi connectivity index (χ2n) is 6.05. The Bertz CT molecular complexity index is 1000. The van der Waals surface area contributed by atoms with Crippen LogP contribution >= 0.6 is 11.3 Å². The van der Waals surface area contributed by atoms with Crippen LogP contribution in [0.1, 0.15) is 26.8 Å². The van der Waals surface area contributed by atoms with Crippen molar-refractivity contribution in [1.82, 2.24) is 14.9 Å². The van der Waals surface area contributed by atoms with Crippen molar-refractivity contribution < 1.29 is 14.7 Å². The van der Waals surface area contributed by atoms with Gasteiger partial charge in [-0.15, -0.1) is 11.3 Å². The largest absolute Gasteiger partial charge is 0.503 e. The molecule has 6 nitrogen and oxygen atoms in total. The standard InChI is InChI=1S/C20H15N3O3S/c24-18(15-4-2-10-27-15)16-17(14-5-8-21-9-6-14)23(20(26)19(16)25)12-13-3-1-7-22-11-13/h1-11,17,25H,12H2/t17-/m1/s1. The fraction of sp³-hybridized carbons (Fsp3) is 0.100. The van der Waals surface area contributed by atoms with Crippen LogP contribution in [-0.4, -0.2) is 31.7 Å². The van der Waals surface area contributed by atoms with Gasteiger partial charge in [-0.3, -0.25) is 19.6 Å². The van der Waals surface area contributed by atoms with Gasteiger partial charge in [-0.25, -0.2) is 0 Å². The number of aliphatic hydroxyl groups is 1. The fourth-order valence-electron chi connectivity index (χ4n) is 3.17. The van der Waals surface area contributed by atoms with E-state index in [9.17, 15) is 14.7 Å². The Morgan fingerprint density at radius 1 is 1.11 bits per heavy atom. The summed E-state index contributed by atoms with van der Waals surface area (Å²) in [6.07, 6.45) is 6.51. The summed E-state index contributed by atoms with van der Waals surface area (Å²) < 4.78 is 0. The van der Waals surface area contributed by atoms with Gasteiger partial charge in [-0.05, 0) is 40.8 Å². The molecule has 1 N–H and O–H groups in total. The molecule has 0 radical (unpaired) electrons. The zero-order chi connectivity index (χ0) is 18.8. The van der Waals surface area contributed by atoms with E-state index in [0.29, 0.717) is 10.4 Å². The third-order valence-electron chi connectivity index (χ3n) is 4.39. The molecular weight excluding hydrogens is 362 g/mol. The van der Waals surface area contributed by atoms with Gasteiger partial charge in [0, 0.05) is 31.3 Å². The summed E-state index contributed by atoms with van der Waals surface area (Å²) in [6, 6.07) is 9.88. The topological polar surface area (TPSA) is 83.4 Å². The predicted molar refractivity (Wildman–Crippen MR) is 100 cm³/mol. The highest BCUT2D eigenvalue weighted by Crippen LogP contribution is 2.40. The third kappa shape index (κ3) is 3.13. The fourth-order valence-corrected chi connectivity index (χ4v) is 3.85. The minimum absolute atomic E-state index is 0.0949. The van der Waals surface area contributed by atoms with Crippen LogP contribution in [0, 0.1) is 0 Å². The molecule has 1 aliphatic rings. The maximum absolute atomic E-state index is 13.0. The minimum atomic E-state index is -0.685. The maximum Gasteiger partial charge on any atom is 0.290 e. The van der Waals surface area contributed by atoms with Crippen LogP contribution in [0.15, 0.2) is 77.9 Å². The number of rotatable bonds is 5. The molecular formula is C20H15N3O3S. The number of carbonyl (C=O) groups is 2. The molecule has 1 amide bonds.